The maximum atomic E-state index is 13.1. The Morgan fingerprint density at radius 2 is 2.22 bits per heavy atom. The number of carbonyl (C=O) groups is 1. The third-order valence-electron chi connectivity index (χ3n) is 2.68. The normalized spacial score (nSPS) is 12.1. The highest BCUT2D eigenvalue weighted by Crippen LogP contribution is 2.25. The number of halogens is 1. The molecule has 4 nitrogen and oxygen atoms in total. The zero-order valence-corrected chi connectivity index (χ0v) is 10.8. The minimum atomic E-state index is -0.778. The number of hydrogen-bond donors (Lipinski definition) is 1. The molecule has 0 spiro atoms. The highest BCUT2D eigenvalue weighted by atomic mass is 19.1. The van der Waals surface area contributed by atoms with Gasteiger partial charge in [-0.2, -0.15) is 0 Å². The molecule has 18 heavy (non-hydrogen) atoms. The molecule has 0 heterocycles. The topological polar surface area (TPSA) is 49.8 Å². The van der Waals surface area contributed by atoms with Gasteiger partial charge in [-0.3, -0.25) is 4.79 Å². The van der Waals surface area contributed by atoms with Crippen LogP contribution in [0.3, 0.4) is 0 Å². The van der Waals surface area contributed by atoms with E-state index < -0.39 is 11.9 Å². The second kappa shape index (κ2) is 6.35. The van der Waals surface area contributed by atoms with Crippen LogP contribution in [0.4, 0.5) is 4.39 Å². The van der Waals surface area contributed by atoms with E-state index in [-0.39, 0.29) is 18.3 Å². The monoisotopic (exact) mass is 255 g/mol. The van der Waals surface area contributed by atoms with Crippen molar-refractivity contribution < 1.29 is 19.0 Å². The Labute approximate surface area is 106 Å². The number of benzene rings is 1. The number of aliphatic hydroxyl groups is 1. The lowest BCUT2D eigenvalue weighted by Crippen LogP contribution is -2.31. The molecule has 0 aliphatic heterocycles. The second-order valence-corrected chi connectivity index (χ2v) is 4.05. The van der Waals surface area contributed by atoms with Gasteiger partial charge < -0.3 is 14.7 Å². The first kappa shape index (κ1) is 14.4. The molecule has 1 rings (SSSR count). The summed E-state index contributed by atoms with van der Waals surface area (Å²) in [4.78, 5) is 13.1. The van der Waals surface area contributed by atoms with Crippen molar-refractivity contribution in [2.75, 3.05) is 20.2 Å². The molecule has 1 N–H and O–H groups in total. The average molecular weight is 255 g/mol. The molecule has 0 saturated carbocycles. The Morgan fingerprint density at radius 1 is 1.56 bits per heavy atom. The lowest BCUT2D eigenvalue weighted by Gasteiger charge is -2.17. The maximum Gasteiger partial charge on any atom is 0.260 e. The fourth-order valence-electron chi connectivity index (χ4n) is 1.40. The smallest absolute Gasteiger partial charge is 0.260 e. The summed E-state index contributed by atoms with van der Waals surface area (Å²) >= 11 is 0. The van der Waals surface area contributed by atoms with Gasteiger partial charge in [-0.25, -0.2) is 4.39 Å². The van der Waals surface area contributed by atoms with Crippen LogP contribution in [-0.2, 0) is 4.79 Å². The average Bonchev–Trinajstić information content (AvgIpc) is 2.34. The fraction of sp³-hybridized carbons (Fsp3) is 0.462. The van der Waals surface area contributed by atoms with E-state index in [1.165, 1.54) is 23.1 Å². The van der Waals surface area contributed by atoms with Crippen LogP contribution >= 0.6 is 0 Å². The van der Waals surface area contributed by atoms with Gasteiger partial charge in [-0.05, 0) is 26.0 Å². The minimum Gasteiger partial charge on any atom is -0.483 e. The summed E-state index contributed by atoms with van der Waals surface area (Å²) in [6.07, 6.45) is -0.778. The van der Waals surface area contributed by atoms with Crippen LogP contribution < -0.4 is 4.74 Å². The third kappa shape index (κ3) is 3.70. The first-order chi connectivity index (χ1) is 8.45. The van der Waals surface area contributed by atoms with E-state index in [4.69, 9.17) is 4.74 Å². The molecule has 1 atom stereocenters. The minimum absolute atomic E-state index is 0.173. The SMILES string of the molecule is CCN(C)C(=O)COc1cc(F)ccc1C(C)O. The van der Waals surface area contributed by atoms with Crippen molar-refractivity contribution in [2.45, 2.75) is 20.0 Å². The molecule has 1 unspecified atom stereocenters. The zero-order valence-electron chi connectivity index (χ0n) is 10.8. The van der Waals surface area contributed by atoms with Crippen molar-refractivity contribution in [3.8, 4) is 5.75 Å². The van der Waals surface area contributed by atoms with Gasteiger partial charge in [0.15, 0.2) is 6.61 Å². The standard InChI is InChI=1S/C13H18FNO3/c1-4-15(3)13(17)8-18-12-7-10(14)5-6-11(12)9(2)16/h5-7,9,16H,4,8H2,1-3H3. The quantitative estimate of drug-likeness (QED) is 0.871. The molecule has 1 aromatic rings. The van der Waals surface area contributed by atoms with Crippen LogP contribution in [-0.4, -0.2) is 36.1 Å². The van der Waals surface area contributed by atoms with E-state index in [1.54, 1.807) is 14.0 Å². The van der Waals surface area contributed by atoms with Gasteiger partial charge in [0.25, 0.3) is 5.91 Å². The number of aliphatic hydroxyl groups excluding tert-OH is 1. The number of hydrogen-bond acceptors (Lipinski definition) is 3. The summed E-state index contributed by atoms with van der Waals surface area (Å²) in [5.41, 5.74) is 0.461. The van der Waals surface area contributed by atoms with E-state index in [9.17, 15) is 14.3 Å². The lowest BCUT2D eigenvalue weighted by atomic mass is 10.1. The predicted octanol–water partition coefficient (Wildman–Crippen LogP) is 1.74. The van der Waals surface area contributed by atoms with Crippen LogP contribution in [0.25, 0.3) is 0 Å². The van der Waals surface area contributed by atoms with Crippen molar-refractivity contribution in [1.29, 1.82) is 0 Å². The van der Waals surface area contributed by atoms with E-state index in [1.807, 2.05) is 6.92 Å². The van der Waals surface area contributed by atoms with Crippen LogP contribution in [0.1, 0.15) is 25.5 Å². The number of rotatable bonds is 5. The molecule has 0 aliphatic carbocycles. The Morgan fingerprint density at radius 3 is 2.78 bits per heavy atom. The number of nitrogens with zero attached hydrogens (tertiary/aromatic N) is 1. The molecule has 0 bridgehead atoms. The second-order valence-electron chi connectivity index (χ2n) is 4.05. The predicted molar refractivity (Wildman–Crippen MR) is 65.8 cm³/mol. The van der Waals surface area contributed by atoms with Gasteiger partial charge in [-0.15, -0.1) is 0 Å². The van der Waals surface area contributed by atoms with Crippen LogP contribution in [0.2, 0.25) is 0 Å². The van der Waals surface area contributed by atoms with Crippen molar-refractivity contribution >= 4 is 5.91 Å². The van der Waals surface area contributed by atoms with E-state index in [0.29, 0.717) is 12.1 Å². The Kier molecular flexibility index (Phi) is 5.09. The summed E-state index contributed by atoms with van der Waals surface area (Å²) in [7, 11) is 1.66. The van der Waals surface area contributed by atoms with Crippen LogP contribution in [0.15, 0.2) is 18.2 Å². The van der Waals surface area contributed by atoms with Crippen molar-refractivity contribution in [1.82, 2.24) is 4.90 Å². The van der Waals surface area contributed by atoms with E-state index in [2.05, 4.69) is 0 Å². The molecule has 0 aliphatic rings. The molecule has 0 saturated heterocycles. The summed E-state index contributed by atoms with van der Waals surface area (Å²) < 4.78 is 18.4. The Hall–Kier alpha value is -1.62. The molecule has 0 aromatic heterocycles. The fourth-order valence-corrected chi connectivity index (χ4v) is 1.40. The van der Waals surface area contributed by atoms with Gasteiger partial charge in [0, 0.05) is 25.2 Å². The molecule has 0 radical (unpaired) electrons. The van der Waals surface area contributed by atoms with Crippen molar-refractivity contribution in [3.05, 3.63) is 29.6 Å². The Bertz CT molecular complexity index is 421. The van der Waals surface area contributed by atoms with Crippen LogP contribution in [0, 0.1) is 5.82 Å². The highest BCUT2D eigenvalue weighted by molar-refractivity contribution is 5.77. The van der Waals surface area contributed by atoms with E-state index in [0.717, 1.165) is 0 Å². The van der Waals surface area contributed by atoms with Crippen molar-refractivity contribution in [2.24, 2.45) is 0 Å². The number of amides is 1. The van der Waals surface area contributed by atoms with Gasteiger partial charge in [-0.1, -0.05) is 0 Å². The third-order valence-corrected chi connectivity index (χ3v) is 2.68. The summed E-state index contributed by atoms with van der Waals surface area (Å²) in [5.74, 6) is -0.466. The number of likely N-dealkylation sites (N-methyl/N-ethyl adjacent to an activating group) is 1. The lowest BCUT2D eigenvalue weighted by molar-refractivity contribution is -0.131. The number of ether oxygens (including phenoxy) is 1. The zero-order chi connectivity index (χ0) is 13.7. The molecule has 0 fully saturated rings. The first-order valence-corrected chi connectivity index (χ1v) is 5.80. The molecular formula is C13H18FNO3. The van der Waals surface area contributed by atoms with Gasteiger partial charge >= 0.3 is 0 Å². The molecule has 1 aromatic carbocycles. The highest BCUT2D eigenvalue weighted by Gasteiger charge is 2.13. The van der Waals surface area contributed by atoms with Crippen LogP contribution in [0.5, 0.6) is 5.75 Å². The van der Waals surface area contributed by atoms with Gasteiger partial charge in [0.1, 0.15) is 11.6 Å². The van der Waals surface area contributed by atoms with Crippen molar-refractivity contribution in [3.63, 3.8) is 0 Å². The van der Waals surface area contributed by atoms with E-state index >= 15 is 0 Å². The number of carbonyl (C=O) groups excluding carboxylic acids is 1. The van der Waals surface area contributed by atoms with Gasteiger partial charge in [0.2, 0.25) is 0 Å². The molecule has 1 amide bonds. The molecule has 5 heteroatoms. The Balaban J connectivity index is 2.77. The summed E-state index contributed by atoms with van der Waals surface area (Å²) in [6.45, 7) is 3.81. The molecule has 100 valence electrons. The first-order valence-electron chi connectivity index (χ1n) is 5.80. The maximum absolute atomic E-state index is 13.1. The van der Waals surface area contributed by atoms with Gasteiger partial charge in [0.05, 0.1) is 6.10 Å². The largest absolute Gasteiger partial charge is 0.483 e. The summed E-state index contributed by atoms with van der Waals surface area (Å²) in [6, 6.07) is 3.86. The summed E-state index contributed by atoms with van der Waals surface area (Å²) in [5, 5.41) is 9.52. The molecular weight excluding hydrogens is 237 g/mol.